The molecule has 0 fully saturated rings. The van der Waals surface area contributed by atoms with Crippen LogP contribution in [0.1, 0.15) is 13.8 Å². The largest absolute Gasteiger partial charge is 0.244 e. The minimum atomic E-state index is -2.54. The maximum atomic E-state index is 11.1. The van der Waals surface area contributed by atoms with Gasteiger partial charge >= 0.3 is 0 Å². The number of hydrogen-bond donors (Lipinski definition) is 0. The molecule has 0 heterocycles. The standard InChI is InChI=1S/C4H10N2O3S/c1-3-10(9,4-2)5-6(7)8/h3-4H2,1-2H3. The predicted octanol–water partition coefficient (Wildman–Crippen LogP) is 0.686. The van der Waals surface area contributed by atoms with Gasteiger partial charge in [-0.25, -0.2) is 14.3 Å². The van der Waals surface area contributed by atoms with Crippen molar-refractivity contribution in [1.29, 1.82) is 0 Å². The second-order valence-electron chi connectivity index (χ2n) is 1.67. The molecule has 0 rings (SSSR count). The molecule has 60 valence electrons. The van der Waals surface area contributed by atoms with Crippen molar-refractivity contribution in [2.24, 2.45) is 4.47 Å². The monoisotopic (exact) mass is 166 g/mol. The molecular formula is C4H10N2O3S. The summed E-state index contributed by atoms with van der Waals surface area (Å²) < 4.78 is 14.0. The van der Waals surface area contributed by atoms with Gasteiger partial charge in [0.25, 0.3) is 0 Å². The van der Waals surface area contributed by atoms with Gasteiger partial charge in [-0.2, -0.15) is 0 Å². The first-order valence-electron chi connectivity index (χ1n) is 2.91. The first-order valence-corrected chi connectivity index (χ1v) is 4.76. The molecule has 0 aromatic heterocycles. The molecule has 0 N–H and O–H groups in total. The third-order valence-electron chi connectivity index (χ3n) is 1.12. The minimum Gasteiger partial charge on any atom is -0.244 e. The third-order valence-corrected chi connectivity index (χ3v) is 3.35. The Balaban J connectivity index is 4.65. The summed E-state index contributed by atoms with van der Waals surface area (Å²) in [6, 6.07) is 0. The minimum absolute atomic E-state index is 0.241. The van der Waals surface area contributed by atoms with Crippen molar-refractivity contribution in [2.45, 2.75) is 13.8 Å². The van der Waals surface area contributed by atoms with Gasteiger partial charge in [-0.1, -0.05) is 13.8 Å². The van der Waals surface area contributed by atoms with Gasteiger partial charge in [0.1, 0.15) is 14.2 Å². The van der Waals surface area contributed by atoms with Crippen molar-refractivity contribution in [3.05, 3.63) is 10.1 Å². The zero-order valence-electron chi connectivity index (χ0n) is 5.94. The maximum Gasteiger partial charge on any atom is 0.199 e. The Morgan fingerprint density at radius 1 is 1.50 bits per heavy atom. The average molecular weight is 166 g/mol. The van der Waals surface area contributed by atoms with Crippen molar-refractivity contribution in [1.82, 2.24) is 0 Å². The van der Waals surface area contributed by atoms with Crippen molar-refractivity contribution in [3.8, 4) is 0 Å². The highest BCUT2D eigenvalue weighted by Gasteiger charge is 2.07. The van der Waals surface area contributed by atoms with Crippen molar-refractivity contribution >= 4 is 9.73 Å². The van der Waals surface area contributed by atoms with E-state index in [0.717, 1.165) is 0 Å². The number of nitrogens with zero attached hydrogens (tertiary/aromatic N) is 2. The van der Waals surface area contributed by atoms with Crippen LogP contribution in [0.25, 0.3) is 0 Å². The number of hydrogen-bond acceptors (Lipinski definition) is 3. The smallest absolute Gasteiger partial charge is 0.199 e. The lowest BCUT2D eigenvalue weighted by atomic mass is 11.0. The Morgan fingerprint density at radius 2 is 1.90 bits per heavy atom. The van der Waals surface area contributed by atoms with Gasteiger partial charge in [0.2, 0.25) is 0 Å². The predicted molar refractivity (Wildman–Crippen MR) is 38.6 cm³/mol. The Kier molecular flexibility index (Phi) is 3.27. The summed E-state index contributed by atoms with van der Waals surface area (Å²) >= 11 is 0. The fraction of sp³-hybridized carbons (Fsp3) is 1.00. The molecule has 0 spiro atoms. The van der Waals surface area contributed by atoms with E-state index in [1.165, 1.54) is 0 Å². The number of rotatable bonds is 3. The van der Waals surface area contributed by atoms with Gasteiger partial charge in [-0.15, -0.1) is 0 Å². The number of nitro groups is 1. The van der Waals surface area contributed by atoms with Crippen LogP contribution in [0.15, 0.2) is 4.47 Å². The lowest BCUT2D eigenvalue weighted by Gasteiger charge is -1.94. The molecule has 0 aromatic carbocycles. The van der Waals surface area contributed by atoms with Crippen LogP contribution in [0.5, 0.6) is 0 Å². The summed E-state index contributed by atoms with van der Waals surface area (Å²) in [5, 5.41) is 8.91. The normalized spacial score (nSPS) is 11.0. The van der Waals surface area contributed by atoms with E-state index in [0.29, 0.717) is 0 Å². The highest BCUT2D eigenvalue weighted by atomic mass is 32.2. The van der Waals surface area contributed by atoms with E-state index in [-0.39, 0.29) is 11.5 Å². The van der Waals surface area contributed by atoms with E-state index in [1.54, 1.807) is 13.8 Å². The van der Waals surface area contributed by atoms with E-state index in [4.69, 9.17) is 0 Å². The van der Waals surface area contributed by atoms with Gasteiger partial charge in [0.15, 0.2) is 5.03 Å². The van der Waals surface area contributed by atoms with Gasteiger partial charge in [-0.05, 0) is 0 Å². The van der Waals surface area contributed by atoms with Crippen LogP contribution in [0.2, 0.25) is 0 Å². The second-order valence-corrected chi connectivity index (χ2v) is 4.53. The topological polar surface area (TPSA) is 72.6 Å². The third kappa shape index (κ3) is 2.77. The summed E-state index contributed by atoms with van der Waals surface area (Å²) in [5.41, 5.74) is 0. The molecule has 0 aliphatic heterocycles. The molecule has 0 amide bonds. The summed E-state index contributed by atoms with van der Waals surface area (Å²) in [5.74, 6) is 0.481. The fourth-order valence-electron chi connectivity index (χ4n) is 0.441. The van der Waals surface area contributed by atoms with E-state index < -0.39 is 14.8 Å². The quantitative estimate of drug-likeness (QED) is 0.457. The van der Waals surface area contributed by atoms with E-state index in [9.17, 15) is 14.3 Å². The molecule has 5 nitrogen and oxygen atoms in total. The average Bonchev–Trinajstić information content (AvgIpc) is 1.87. The zero-order chi connectivity index (χ0) is 8.20. The zero-order valence-corrected chi connectivity index (χ0v) is 6.76. The Morgan fingerprint density at radius 3 is 2.00 bits per heavy atom. The molecule has 0 radical (unpaired) electrons. The molecular weight excluding hydrogens is 156 g/mol. The highest BCUT2D eigenvalue weighted by Crippen LogP contribution is 1.94. The van der Waals surface area contributed by atoms with Gasteiger partial charge in [0, 0.05) is 11.5 Å². The van der Waals surface area contributed by atoms with E-state index in [1.807, 2.05) is 0 Å². The van der Waals surface area contributed by atoms with Crippen LogP contribution in [0.4, 0.5) is 0 Å². The van der Waals surface area contributed by atoms with Crippen LogP contribution < -0.4 is 0 Å². The van der Waals surface area contributed by atoms with Crippen LogP contribution >= 0.6 is 0 Å². The van der Waals surface area contributed by atoms with Gasteiger partial charge < -0.3 is 0 Å². The van der Waals surface area contributed by atoms with Crippen LogP contribution in [-0.4, -0.2) is 20.7 Å². The SMILES string of the molecule is CCS(=O)(CC)=N[N+](=O)[O-]. The van der Waals surface area contributed by atoms with Crippen LogP contribution in [-0.2, 0) is 9.73 Å². The van der Waals surface area contributed by atoms with E-state index >= 15 is 0 Å². The second kappa shape index (κ2) is 3.50. The Hall–Kier alpha value is -0.650. The van der Waals surface area contributed by atoms with Crippen molar-refractivity contribution in [2.75, 3.05) is 11.5 Å². The van der Waals surface area contributed by atoms with Crippen LogP contribution in [0, 0.1) is 10.1 Å². The summed E-state index contributed by atoms with van der Waals surface area (Å²) in [6.07, 6.45) is 0. The summed E-state index contributed by atoms with van der Waals surface area (Å²) in [6.45, 7) is 3.25. The maximum absolute atomic E-state index is 11.1. The molecule has 0 aromatic rings. The van der Waals surface area contributed by atoms with Crippen LogP contribution in [0.3, 0.4) is 0 Å². The summed E-state index contributed by atoms with van der Waals surface area (Å²) in [4.78, 5) is 9.79. The molecule has 0 aliphatic rings. The highest BCUT2D eigenvalue weighted by molar-refractivity contribution is 7.93. The first-order chi connectivity index (χ1) is 4.54. The lowest BCUT2D eigenvalue weighted by molar-refractivity contribution is -0.482. The van der Waals surface area contributed by atoms with Crippen molar-refractivity contribution < 1.29 is 9.24 Å². The molecule has 0 saturated carbocycles. The molecule has 0 atom stereocenters. The molecule has 0 bridgehead atoms. The summed E-state index contributed by atoms with van der Waals surface area (Å²) in [7, 11) is -2.54. The molecule has 6 heteroatoms. The fourth-order valence-corrected chi connectivity index (χ4v) is 1.32. The van der Waals surface area contributed by atoms with Gasteiger partial charge in [-0.3, -0.25) is 0 Å². The Bertz CT molecular complexity index is 219. The Labute approximate surface area is 59.7 Å². The van der Waals surface area contributed by atoms with Crippen molar-refractivity contribution in [3.63, 3.8) is 0 Å². The molecule has 10 heavy (non-hydrogen) atoms. The lowest BCUT2D eigenvalue weighted by Crippen LogP contribution is -2.08. The van der Waals surface area contributed by atoms with Gasteiger partial charge in [0.05, 0.1) is 0 Å². The molecule has 0 saturated heterocycles. The molecule has 0 unspecified atom stereocenters. The molecule has 0 aliphatic carbocycles. The first kappa shape index (κ1) is 9.35. The van der Waals surface area contributed by atoms with E-state index in [2.05, 4.69) is 4.47 Å².